The van der Waals surface area contributed by atoms with Crippen molar-refractivity contribution in [3.05, 3.63) is 28.6 Å². The topological polar surface area (TPSA) is 45.2 Å². The molecule has 116 valence electrons. The van der Waals surface area contributed by atoms with Gasteiger partial charge in [0.15, 0.2) is 0 Å². The monoisotopic (exact) mass is 365 g/mol. The second kappa shape index (κ2) is 8.10. The number of aromatic nitrogens is 1. The molecule has 3 rings (SSSR count). The van der Waals surface area contributed by atoms with Crippen molar-refractivity contribution in [1.82, 2.24) is 15.2 Å². The molecule has 1 aliphatic heterocycles. The molecule has 1 amide bonds. The molecule has 3 heterocycles. The van der Waals surface area contributed by atoms with Crippen LogP contribution in [0.2, 0.25) is 0 Å². The highest BCUT2D eigenvalue weighted by molar-refractivity contribution is 7.20. The summed E-state index contributed by atoms with van der Waals surface area (Å²) >= 11 is 3.19. The third-order valence-electron chi connectivity index (χ3n) is 3.22. The lowest BCUT2D eigenvalue weighted by molar-refractivity contribution is 0.0650. The Kier molecular flexibility index (Phi) is 7.09. The summed E-state index contributed by atoms with van der Waals surface area (Å²) in [6, 6.07) is 4.26. The molecule has 0 bridgehead atoms. The summed E-state index contributed by atoms with van der Waals surface area (Å²) in [6.45, 7) is 4.54. The lowest BCUT2D eigenvalue weighted by atomic mass is 10.2. The van der Waals surface area contributed by atoms with E-state index in [1.165, 1.54) is 11.3 Å². The van der Waals surface area contributed by atoms with E-state index in [1.807, 2.05) is 27.8 Å². The highest BCUT2D eigenvalue weighted by Gasteiger charge is 2.25. The molecule has 1 N–H and O–H groups in total. The first-order valence-electron chi connectivity index (χ1n) is 6.27. The molecule has 1 aliphatic rings. The molecular weight excluding hydrogens is 349 g/mol. The molecule has 0 radical (unpaired) electrons. The summed E-state index contributed by atoms with van der Waals surface area (Å²) in [4.78, 5) is 19.9. The van der Waals surface area contributed by atoms with E-state index in [9.17, 15) is 4.79 Å². The van der Waals surface area contributed by atoms with Crippen LogP contribution in [0.15, 0.2) is 22.9 Å². The Hall–Kier alpha value is -0.660. The van der Waals surface area contributed by atoms with E-state index >= 15 is 0 Å². The highest BCUT2D eigenvalue weighted by Crippen LogP contribution is 2.28. The fourth-order valence-corrected chi connectivity index (χ4v) is 3.78. The smallest absolute Gasteiger partial charge is 0.273 e. The van der Waals surface area contributed by atoms with Crippen LogP contribution in [0.5, 0.6) is 0 Å². The Bertz CT molecular complexity index is 574. The molecule has 0 unspecified atom stereocenters. The minimum Gasteiger partial charge on any atom is -0.332 e. The molecule has 2 aromatic heterocycles. The maximum Gasteiger partial charge on any atom is 0.273 e. The van der Waals surface area contributed by atoms with Crippen molar-refractivity contribution >= 4 is 53.4 Å². The number of nitrogens with one attached hydrogen (secondary N) is 1. The van der Waals surface area contributed by atoms with Gasteiger partial charge in [-0.3, -0.25) is 4.79 Å². The highest BCUT2D eigenvalue weighted by atomic mass is 35.5. The molecule has 0 aliphatic carbocycles. The van der Waals surface area contributed by atoms with E-state index in [0.717, 1.165) is 29.5 Å². The number of hydrogen-bond acceptors (Lipinski definition) is 5. The number of thiazole rings is 1. The molecule has 1 fully saturated rings. The molecule has 4 nitrogen and oxygen atoms in total. The van der Waals surface area contributed by atoms with E-state index in [4.69, 9.17) is 0 Å². The number of nitrogens with zero attached hydrogens (tertiary/aromatic N) is 2. The molecule has 0 spiro atoms. The minimum atomic E-state index is 0. The summed E-state index contributed by atoms with van der Waals surface area (Å²) in [5, 5.41) is 8.11. The zero-order valence-corrected chi connectivity index (χ0v) is 14.7. The predicted molar refractivity (Wildman–Crippen MR) is 93.3 cm³/mol. The molecule has 0 saturated carbocycles. The first-order chi connectivity index (χ1) is 9.25. The lowest BCUT2D eigenvalue weighted by Crippen LogP contribution is -2.52. The van der Waals surface area contributed by atoms with Crippen molar-refractivity contribution in [2.24, 2.45) is 0 Å². The first kappa shape index (κ1) is 18.4. The summed E-state index contributed by atoms with van der Waals surface area (Å²) in [5.74, 6) is 0.0491. The zero-order chi connectivity index (χ0) is 13.2. The Morgan fingerprint density at radius 1 is 1.43 bits per heavy atom. The Morgan fingerprint density at radius 3 is 2.90 bits per heavy atom. The van der Waals surface area contributed by atoms with Crippen molar-refractivity contribution in [2.45, 2.75) is 13.0 Å². The number of carbonyl (C=O) groups is 1. The van der Waals surface area contributed by atoms with Gasteiger partial charge in [-0.15, -0.1) is 47.5 Å². The van der Waals surface area contributed by atoms with Crippen LogP contribution in [-0.4, -0.2) is 41.5 Å². The second-order valence-corrected chi connectivity index (χ2v) is 6.37. The molecule has 0 aromatic carbocycles. The summed E-state index contributed by atoms with van der Waals surface area (Å²) in [6.07, 6.45) is 0. The van der Waals surface area contributed by atoms with Crippen LogP contribution in [0.1, 0.15) is 17.4 Å². The zero-order valence-electron chi connectivity index (χ0n) is 11.4. The molecule has 21 heavy (non-hydrogen) atoms. The fraction of sp³-hybridized carbons (Fsp3) is 0.385. The maximum absolute atomic E-state index is 12.4. The van der Waals surface area contributed by atoms with Gasteiger partial charge in [-0.2, -0.15) is 0 Å². The number of carbonyl (C=O) groups excluding carboxylic acids is 1. The van der Waals surface area contributed by atoms with E-state index in [2.05, 4.69) is 17.2 Å². The number of hydrogen-bond donors (Lipinski definition) is 1. The lowest BCUT2D eigenvalue weighted by Gasteiger charge is -2.33. The van der Waals surface area contributed by atoms with Gasteiger partial charge in [0.2, 0.25) is 0 Å². The third-order valence-corrected chi connectivity index (χ3v) is 5.10. The van der Waals surface area contributed by atoms with Gasteiger partial charge in [-0.25, -0.2) is 4.98 Å². The summed E-state index contributed by atoms with van der Waals surface area (Å²) < 4.78 is 0. The standard InChI is InChI=1S/C13H15N3OS2.2ClH/c1-9-7-14-4-5-16(9)13(17)10-8-19-12(15-10)11-3-2-6-18-11;;/h2-3,6,8-9,14H,4-5,7H2,1H3;2*1H/t9-;;/m1../s1. The normalized spacial score (nSPS) is 17.8. The summed E-state index contributed by atoms with van der Waals surface area (Å²) in [7, 11) is 0. The maximum atomic E-state index is 12.4. The largest absolute Gasteiger partial charge is 0.332 e. The van der Waals surface area contributed by atoms with Crippen molar-refractivity contribution in [3.8, 4) is 9.88 Å². The van der Waals surface area contributed by atoms with Crippen molar-refractivity contribution in [2.75, 3.05) is 19.6 Å². The predicted octanol–water partition coefficient (Wildman–Crippen LogP) is 3.15. The van der Waals surface area contributed by atoms with Gasteiger partial charge in [0, 0.05) is 31.1 Å². The van der Waals surface area contributed by atoms with Gasteiger partial charge >= 0.3 is 0 Å². The van der Waals surface area contributed by atoms with Crippen molar-refractivity contribution < 1.29 is 4.79 Å². The van der Waals surface area contributed by atoms with Crippen LogP contribution in [-0.2, 0) is 0 Å². The fourth-order valence-electron chi connectivity index (χ4n) is 2.18. The van der Waals surface area contributed by atoms with Gasteiger partial charge in [0.05, 0.1) is 4.88 Å². The Morgan fingerprint density at radius 2 is 2.24 bits per heavy atom. The minimum absolute atomic E-state index is 0. The summed E-state index contributed by atoms with van der Waals surface area (Å²) in [5.41, 5.74) is 0.571. The van der Waals surface area contributed by atoms with Crippen LogP contribution >= 0.6 is 47.5 Å². The molecule has 1 atom stereocenters. The van der Waals surface area contributed by atoms with Crippen molar-refractivity contribution in [1.29, 1.82) is 0 Å². The Balaban J connectivity index is 0.00000110. The van der Waals surface area contributed by atoms with Gasteiger partial charge in [-0.05, 0) is 18.4 Å². The number of rotatable bonds is 2. The molecular formula is C13H17Cl2N3OS2. The van der Waals surface area contributed by atoms with E-state index < -0.39 is 0 Å². The Labute approximate surface area is 144 Å². The number of halogens is 2. The van der Waals surface area contributed by atoms with Crippen LogP contribution in [0.4, 0.5) is 0 Å². The quantitative estimate of drug-likeness (QED) is 0.888. The second-order valence-electron chi connectivity index (χ2n) is 4.57. The number of piperazine rings is 1. The molecule has 2 aromatic rings. The van der Waals surface area contributed by atoms with Gasteiger partial charge in [0.1, 0.15) is 10.7 Å². The van der Waals surface area contributed by atoms with E-state index in [0.29, 0.717) is 5.69 Å². The SMILES string of the molecule is C[C@@H]1CNCCN1C(=O)c1csc(-c2cccs2)n1.Cl.Cl. The van der Waals surface area contributed by atoms with Crippen LogP contribution in [0, 0.1) is 0 Å². The number of amides is 1. The van der Waals surface area contributed by atoms with Gasteiger partial charge in [0.25, 0.3) is 5.91 Å². The average molecular weight is 366 g/mol. The number of thiophene rings is 1. The van der Waals surface area contributed by atoms with E-state index in [1.54, 1.807) is 11.3 Å². The first-order valence-corrected chi connectivity index (χ1v) is 8.03. The third kappa shape index (κ3) is 3.96. The molecule has 1 saturated heterocycles. The van der Waals surface area contributed by atoms with E-state index in [-0.39, 0.29) is 36.8 Å². The van der Waals surface area contributed by atoms with Crippen LogP contribution < -0.4 is 5.32 Å². The molecule has 8 heteroatoms. The van der Waals surface area contributed by atoms with Gasteiger partial charge < -0.3 is 10.2 Å². The van der Waals surface area contributed by atoms with Gasteiger partial charge in [-0.1, -0.05) is 6.07 Å². The van der Waals surface area contributed by atoms with Crippen LogP contribution in [0.3, 0.4) is 0 Å². The average Bonchev–Trinajstić information content (AvgIpc) is 3.09. The van der Waals surface area contributed by atoms with Crippen molar-refractivity contribution in [3.63, 3.8) is 0 Å². The van der Waals surface area contributed by atoms with Crippen LogP contribution in [0.25, 0.3) is 9.88 Å².